The molecule has 0 N–H and O–H groups in total. The zero-order chi connectivity index (χ0) is 12.2. The van der Waals surface area contributed by atoms with Crippen LogP contribution >= 0.6 is 0 Å². The number of piperazine rings is 1. The molecular formula is C11H20N2O3. The highest BCUT2D eigenvalue weighted by atomic mass is 16.6. The molecule has 0 atom stereocenters. The van der Waals surface area contributed by atoms with Gasteiger partial charge in [0.15, 0.2) is 0 Å². The van der Waals surface area contributed by atoms with Crippen LogP contribution in [0.4, 0.5) is 0 Å². The molecule has 1 fully saturated rings. The van der Waals surface area contributed by atoms with Gasteiger partial charge in [0.1, 0.15) is 5.60 Å². The summed E-state index contributed by atoms with van der Waals surface area (Å²) in [5, 5.41) is 0. The van der Waals surface area contributed by atoms with Crippen LogP contribution in [0.3, 0.4) is 0 Å². The van der Waals surface area contributed by atoms with Crippen LogP contribution in [-0.4, -0.2) is 60.5 Å². The van der Waals surface area contributed by atoms with Gasteiger partial charge in [0.05, 0.1) is 6.54 Å². The SMILES string of the molecule is CC(C)(C)OC(=O)CN1CCN(C=O)CC1. The number of carbonyl (C=O) groups excluding carboxylic acids is 2. The van der Waals surface area contributed by atoms with Gasteiger partial charge in [-0.15, -0.1) is 0 Å². The van der Waals surface area contributed by atoms with E-state index in [1.807, 2.05) is 25.7 Å². The van der Waals surface area contributed by atoms with Crippen LogP contribution in [0.5, 0.6) is 0 Å². The Hall–Kier alpha value is -1.10. The first-order chi connectivity index (χ1) is 7.40. The number of carbonyl (C=O) groups is 2. The van der Waals surface area contributed by atoms with E-state index >= 15 is 0 Å². The Kier molecular flexibility index (Phi) is 4.29. The van der Waals surface area contributed by atoms with Crippen molar-refractivity contribution in [1.82, 2.24) is 9.80 Å². The van der Waals surface area contributed by atoms with Gasteiger partial charge in [0.2, 0.25) is 6.41 Å². The number of ether oxygens (including phenoxy) is 1. The van der Waals surface area contributed by atoms with Gasteiger partial charge in [-0.2, -0.15) is 0 Å². The second kappa shape index (κ2) is 5.30. The van der Waals surface area contributed by atoms with E-state index < -0.39 is 5.60 Å². The van der Waals surface area contributed by atoms with Crippen molar-refractivity contribution >= 4 is 12.4 Å². The fourth-order valence-corrected chi connectivity index (χ4v) is 1.58. The van der Waals surface area contributed by atoms with Crippen LogP contribution < -0.4 is 0 Å². The average molecular weight is 228 g/mol. The Labute approximate surface area is 96.3 Å². The van der Waals surface area contributed by atoms with Gasteiger partial charge in [-0.3, -0.25) is 14.5 Å². The Morgan fingerprint density at radius 2 is 1.81 bits per heavy atom. The molecule has 0 aromatic rings. The molecule has 5 nitrogen and oxygen atoms in total. The van der Waals surface area contributed by atoms with E-state index in [-0.39, 0.29) is 5.97 Å². The van der Waals surface area contributed by atoms with Crippen molar-refractivity contribution < 1.29 is 14.3 Å². The molecule has 1 aliphatic heterocycles. The smallest absolute Gasteiger partial charge is 0.320 e. The molecule has 0 aromatic carbocycles. The van der Waals surface area contributed by atoms with Gasteiger partial charge in [0, 0.05) is 26.2 Å². The van der Waals surface area contributed by atoms with E-state index in [4.69, 9.17) is 4.74 Å². The zero-order valence-electron chi connectivity index (χ0n) is 10.2. The molecule has 0 saturated carbocycles. The van der Waals surface area contributed by atoms with E-state index in [0.29, 0.717) is 19.6 Å². The Balaban J connectivity index is 2.28. The number of nitrogens with zero attached hydrogens (tertiary/aromatic N) is 2. The number of rotatable bonds is 3. The molecule has 1 saturated heterocycles. The molecule has 1 amide bonds. The predicted octanol–water partition coefficient (Wildman–Crippen LogP) is 0.102. The van der Waals surface area contributed by atoms with Crippen LogP contribution in [0.2, 0.25) is 0 Å². The average Bonchev–Trinajstić information content (AvgIpc) is 2.16. The summed E-state index contributed by atoms with van der Waals surface area (Å²) >= 11 is 0. The van der Waals surface area contributed by atoms with E-state index in [0.717, 1.165) is 19.5 Å². The van der Waals surface area contributed by atoms with Crippen molar-refractivity contribution in [3.63, 3.8) is 0 Å². The fourth-order valence-electron chi connectivity index (χ4n) is 1.58. The van der Waals surface area contributed by atoms with Crippen molar-refractivity contribution in [2.24, 2.45) is 0 Å². The summed E-state index contributed by atoms with van der Waals surface area (Å²) in [5.74, 6) is -0.202. The van der Waals surface area contributed by atoms with E-state index in [9.17, 15) is 9.59 Å². The molecule has 92 valence electrons. The van der Waals surface area contributed by atoms with Gasteiger partial charge < -0.3 is 9.64 Å². The van der Waals surface area contributed by atoms with E-state index in [1.54, 1.807) is 4.90 Å². The lowest BCUT2D eigenvalue weighted by molar-refractivity contribution is -0.156. The normalized spacial score (nSPS) is 18.3. The van der Waals surface area contributed by atoms with Crippen molar-refractivity contribution in [3.8, 4) is 0 Å². The molecular weight excluding hydrogens is 208 g/mol. The first-order valence-electron chi connectivity index (χ1n) is 5.54. The first-order valence-corrected chi connectivity index (χ1v) is 5.54. The van der Waals surface area contributed by atoms with Crippen LogP contribution in [0.25, 0.3) is 0 Å². The second-order valence-electron chi connectivity index (χ2n) is 5.00. The van der Waals surface area contributed by atoms with E-state index in [2.05, 4.69) is 0 Å². The minimum Gasteiger partial charge on any atom is -0.459 e. The Morgan fingerprint density at radius 1 is 1.25 bits per heavy atom. The quantitative estimate of drug-likeness (QED) is 0.508. The standard InChI is InChI=1S/C11H20N2O3/c1-11(2,3)16-10(15)8-12-4-6-13(9-14)7-5-12/h9H,4-8H2,1-3H3. The summed E-state index contributed by atoms with van der Waals surface area (Å²) in [6.07, 6.45) is 0.852. The maximum absolute atomic E-state index is 11.5. The van der Waals surface area contributed by atoms with Gasteiger partial charge >= 0.3 is 5.97 Å². The van der Waals surface area contributed by atoms with Gasteiger partial charge in [-0.1, -0.05) is 0 Å². The predicted molar refractivity (Wildman–Crippen MR) is 59.9 cm³/mol. The topological polar surface area (TPSA) is 49.9 Å². The van der Waals surface area contributed by atoms with Crippen LogP contribution in [0, 0.1) is 0 Å². The third-order valence-corrected chi connectivity index (χ3v) is 2.33. The highest BCUT2D eigenvalue weighted by Crippen LogP contribution is 2.08. The monoisotopic (exact) mass is 228 g/mol. The third kappa shape index (κ3) is 4.61. The largest absolute Gasteiger partial charge is 0.459 e. The molecule has 1 rings (SSSR count). The Morgan fingerprint density at radius 3 is 2.25 bits per heavy atom. The summed E-state index contributed by atoms with van der Waals surface area (Å²) in [7, 11) is 0. The first kappa shape index (κ1) is 13.0. The molecule has 0 radical (unpaired) electrons. The second-order valence-corrected chi connectivity index (χ2v) is 5.00. The van der Waals surface area contributed by atoms with Crippen LogP contribution in [-0.2, 0) is 14.3 Å². The molecule has 1 heterocycles. The van der Waals surface area contributed by atoms with Crippen molar-refractivity contribution in [1.29, 1.82) is 0 Å². The lowest BCUT2D eigenvalue weighted by atomic mass is 10.2. The highest BCUT2D eigenvalue weighted by Gasteiger charge is 2.21. The summed E-state index contributed by atoms with van der Waals surface area (Å²) in [6.45, 7) is 8.72. The Bertz CT molecular complexity index is 252. The summed E-state index contributed by atoms with van der Waals surface area (Å²) in [4.78, 5) is 25.7. The lowest BCUT2D eigenvalue weighted by Crippen LogP contribution is -2.48. The van der Waals surface area contributed by atoms with Crippen LogP contribution in [0.1, 0.15) is 20.8 Å². The van der Waals surface area contributed by atoms with Crippen molar-refractivity contribution in [2.45, 2.75) is 26.4 Å². The van der Waals surface area contributed by atoms with Crippen LogP contribution in [0.15, 0.2) is 0 Å². The number of hydrogen-bond donors (Lipinski definition) is 0. The number of esters is 1. The molecule has 16 heavy (non-hydrogen) atoms. The molecule has 5 heteroatoms. The molecule has 0 unspecified atom stereocenters. The molecule has 0 aliphatic carbocycles. The van der Waals surface area contributed by atoms with Crippen molar-refractivity contribution in [2.75, 3.05) is 32.7 Å². The summed E-state index contributed by atoms with van der Waals surface area (Å²) in [5.41, 5.74) is -0.429. The molecule has 0 aromatic heterocycles. The third-order valence-electron chi connectivity index (χ3n) is 2.33. The van der Waals surface area contributed by atoms with Gasteiger partial charge in [-0.25, -0.2) is 0 Å². The van der Waals surface area contributed by atoms with Gasteiger partial charge in [0.25, 0.3) is 0 Å². The maximum atomic E-state index is 11.5. The minimum absolute atomic E-state index is 0.202. The zero-order valence-corrected chi connectivity index (χ0v) is 10.2. The summed E-state index contributed by atoms with van der Waals surface area (Å²) < 4.78 is 5.23. The number of hydrogen-bond acceptors (Lipinski definition) is 4. The molecule has 0 bridgehead atoms. The minimum atomic E-state index is -0.429. The maximum Gasteiger partial charge on any atom is 0.320 e. The van der Waals surface area contributed by atoms with Crippen molar-refractivity contribution in [3.05, 3.63) is 0 Å². The summed E-state index contributed by atoms with van der Waals surface area (Å²) in [6, 6.07) is 0. The van der Waals surface area contributed by atoms with Gasteiger partial charge in [-0.05, 0) is 20.8 Å². The lowest BCUT2D eigenvalue weighted by Gasteiger charge is -2.32. The highest BCUT2D eigenvalue weighted by molar-refractivity contribution is 5.72. The fraction of sp³-hybridized carbons (Fsp3) is 0.818. The molecule has 1 aliphatic rings. The molecule has 0 spiro atoms. The van der Waals surface area contributed by atoms with E-state index in [1.165, 1.54) is 0 Å². The number of amides is 1.